The number of hydrogen-bond donors (Lipinski definition) is 1. The molecule has 0 unspecified atom stereocenters. The van der Waals surface area contributed by atoms with Gasteiger partial charge in [-0.3, -0.25) is 4.79 Å². The van der Waals surface area contributed by atoms with Crippen LogP contribution in [-0.2, 0) is 0 Å². The molecule has 0 radical (unpaired) electrons. The summed E-state index contributed by atoms with van der Waals surface area (Å²) in [7, 11) is 0. The first kappa shape index (κ1) is 14.5. The zero-order valence-corrected chi connectivity index (χ0v) is 12.2. The van der Waals surface area contributed by atoms with Crippen molar-refractivity contribution in [2.24, 2.45) is 0 Å². The molecule has 1 fully saturated rings. The van der Waals surface area contributed by atoms with Crippen LogP contribution in [0.1, 0.15) is 36.0 Å². The second-order valence-electron chi connectivity index (χ2n) is 4.82. The minimum atomic E-state index is -0.423. The van der Waals surface area contributed by atoms with Crippen molar-refractivity contribution in [1.82, 2.24) is 4.90 Å². The van der Waals surface area contributed by atoms with Crippen molar-refractivity contribution in [2.75, 3.05) is 13.2 Å². The van der Waals surface area contributed by atoms with Crippen molar-refractivity contribution >= 4 is 21.8 Å². The topological polar surface area (TPSA) is 40.5 Å². The molecule has 1 aromatic rings. The molecule has 104 valence electrons. The molecular formula is C14H17BrFNO2. The Hall–Kier alpha value is -0.940. The van der Waals surface area contributed by atoms with Crippen LogP contribution in [-0.4, -0.2) is 35.1 Å². The van der Waals surface area contributed by atoms with E-state index >= 15 is 0 Å². The van der Waals surface area contributed by atoms with Crippen LogP contribution in [0.25, 0.3) is 0 Å². The van der Waals surface area contributed by atoms with Gasteiger partial charge in [-0.15, -0.1) is 0 Å². The van der Waals surface area contributed by atoms with Gasteiger partial charge in [0.25, 0.3) is 5.91 Å². The first-order chi connectivity index (χ1) is 9.11. The Labute approximate surface area is 120 Å². The van der Waals surface area contributed by atoms with Gasteiger partial charge in [0.2, 0.25) is 0 Å². The Kier molecular flexibility index (Phi) is 4.93. The number of amides is 1. The van der Waals surface area contributed by atoms with Crippen molar-refractivity contribution < 1.29 is 14.3 Å². The van der Waals surface area contributed by atoms with Gasteiger partial charge < -0.3 is 10.0 Å². The fourth-order valence-corrected chi connectivity index (χ4v) is 2.70. The lowest BCUT2D eigenvalue weighted by Crippen LogP contribution is -2.45. The molecule has 19 heavy (non-hydrogen) atoms. The number of nitrogens with zero attached hydrogens (tertiary/aromatic N) is 1. The third-order valence-corrected chi connectivity index (χ3v) is 3.90. The predicted octanol–water partition coefficient (Wildman–Crippen LogP) is 2.97. The lowest BCUT2D eigenvalue weighted by Gasteiger charge is -2.37. The molecule has 0 aliphatic heterocycles. The first-order valence-corrected chi connectivity index (χ1v) is 7.29. The molecular weight excluding hydrogens is 313 g/mol. The van der Waals surface area contributed by atoms with Gasteiger partial charge in [0.15, 0.2) is 0 Å². The fraction of sp³-hybridized carbons (Fsp3) is 0.500. The largest absolute Gasteiger partial charge is 0.396 e. The second kappa shape index (κ2) is 6.48. The van der Waals surface area contributed by atoms with Crippen molar-refractivity contribution in [1.29, 1.82) is 0 Å². The van der Waals surface area contributed by atoms with Crippen molar-refractivity contribution in [3.8, 4) is 0 Å². The van der Waals surface area contributed by atoms with E-state index in [-0.39, 0.29) is 18.6 Å². The summed E-state index contributed by atoms with van der Waals surface area (Å²) in [5.74, 6) is -0.577. The number of aliphatic hydroxyl groups is 1. The molecule has 0 aromatic heterocycles. The number of halogens is 2. The quantitative estimate of drug-likeness (QED) is 0.902. The van der Waals surface area contributed by atoms with Crippen LogP contribution in [0, 0.1) is 5.82 Å². The summed E-state index contributed by atoms with van der Waals surface area (Å²) in [6.45, 7) is 0.581. The molecule has 1 N–H and O–H groups in total. The average Bonchev–Trinajstić information content (AvgIpc) is 2.29. The minimum Gasteiger partial charge on any atom is -0.396 e. The van der Waals surface area contributed by atoms with E-state index in [0.717, 1.165) is 19.3 Å². The van der Waals surface area contributed by atoms with Crippen molar-refractivity contribution in [2.45, 2.75) is 31.7 Å². The van der Waals surface area contributed by atoms with Gasteiger partial charge in [-0.05, 0) is 43.9 Å². The summed E-state index contributed by atoms with van der Waals surface area (Å²) in [6.07, 6.45) is 3.67. The molecule has 0 atom stereocenters. The van der Waals surface area contributed by atoms with E-state index in [4.69, 9.17) is 5.11 Å². The number of benzene rings is 1. The molecule has 3 nitrogen and oxygen atoms in total. The van der Waals surface area contributed by atoms with E-state index in [0.29, 0.717) is 23.0 Å². The number of aliphatic hydroxyl groups excluding tert-OH is 1. The smallest absolute Gasteiger partial charge is 0.254 e. The SMILES string of the molecule is O=C(c1cc(F)cc(Br)c1)N(CCCO)C1CCC1. The maximum Gasteiger partial charge on any atom is 0.254 e. The average molecular weight is 330 g/mol. The van der Waals surface area contributed by atoms with Crippen LogP contribution in [0.2, 0.25) is 0 Å². The highest BCUT2D eigenvalue weighted by Gasteiger charge is 2.29. The molecule has 5 heteroatoms. The zero-order valence-electron chi connectivity index (χ0n) is 10.6. The lowest BCUT2D eigenvalue weighted by atomic mass is 9.90. The highest BCUT2D eigenvalue weighted by Crippen LogP contribution is 2.27. The Morgan fingerprint density at radius 2 is 2.16 bits per heavy atom. The summed E-state index contributed by atoms with van der Waals surface area (Å²) in [4.78, 5) is 14.2. The van der Waals surface area contributed by atoms with Gasteiger partial charge in [-0.1, -0.05) is 15.9 Å². The highest BCUT2D eigenvalue weighted by atomic mass is 79.9. The third-order valence-electron chi connectivity index (χ3n) is 3.44. The summed E-state index contributed by atoms with van der Waals surface area (Å²) in [6, 6.07) is 4.47. The summed E-state index contributed by atoms with van der Waals surface area (Å²) in [5, 5.41) is 8.92. The van der Waals surface area contributed by atoms with Gasteiger partial charge >= 0.3 is 0 Å². The van der Waals surface area contributed by atoms with Crippen LogP contribution >= 0.6 is 15.9 Å². The van der Waals surface area contributed by atoms with E-state index in [9.17, 15) is 9.18 Å². The van der Waals surface area contributed by atoms with E-state index in [1.165, 1.54) is 12.1 Å². The Morgan fingerprint density at radius 1 is 1.42 bits per heavy atom. The van der Waals surface area contributed by atoms with Crippen LogP contribution in [0.5, 0.6) is 0 Å². The number of rotatable bonds is 5. The van der Waals surface area contributed by atoms with E-state index in [2.05, 4.69) is 15.9 Å². The first-order valence-electron chi connectivity index (χ1n) is 6.49. The van der Waals surface area contributed by atoms with Crippen LogP contribution in [0.3, 0.4) is 0 Å². The summed E-state index contributed by atoms with van der Waals surface area (Å²) in [5.41, 5.74) is 0.358. The van der Waals surface area contributed by atoms with Gasteiger partial charge in [-0.25, -0.2) is 4.39 Å². The van der Waals surface area contributed by atoms with Gasteiger partial charge in [0.1, 0.15) is 5.82 Å². The third kappa shape index (κ3) is 3.54. The molecule has 1 aliphatic carbocycles. The number of carbonyl (C=O) groups excluding carboxylic acids is 1. The Balaban J connectivity index is 2.17. The standard InChI is InChI=1S/C14H17BrFNO2/c15-11-7-10(8-12(16)9-11)14(19)17(5-2-6-18)13-3-1-4-13/h7-9,13,18H,1-6H2. The van der Waals surface area contributed by atoms with Crippen LogP contribution in [0.4, 0.5) is 4.39 Å². The minimum absolute atomic E-state index is 0.0589. The normalized spacial score (nSPS) is 15.1. The van der Waals surface area contributed by atoms with Gasteiger partial charge in [0.05, 0.1) is 0 Å². The maximum atomic E-state index is 13.4. The molecule has 1 saturated carbocycles. The zero-order chi connectivity index (χ0) is 13.8. The fourth-order valence-electron chi connectivity index (χ4n) is 2.23. The Bertz CT molecular complexity index is 443. The molecule has 1 aliphatic rings. The predicted molar refractivity (Wildman–Crippen MR) is 74.5 cm³/mol. The summed E-state index contributed by atoms with van der Waals surface area (Å²) >= 11 is 3.20. The molecule has 0 heterocycles. The van der Waals surface area contributed by atoms with Gasteiger partial charge in [0, 0.05) is 29.2 Å². The van der Waals surface area contributed by atoms with Crippen molar-refractivity contribution in [3.63, 3.8) is 0 Å². The van der Waals surface area contributed by atoms with Crippen LogP contribution < -0.4 is 0 Å². The molecule has 0 bridgehead atoms. The number of hydrogen-bond acceptors (Lipinski definition) is 2. The molecule has 0 spiro atoms. The highest BCUT2D eigenvalue weighted by molar-refractivity contribution is 9.10. The molecule has 0 saturated heterocycles. The summed E-state index contributed by atoms with van der Waals surface area (Å²) < 4.78 is 13.9. The molecule has 1 aromatic carbocycles. The number of carbonyl (C=O) groups is 1. The molecule has 2 rings (SSSR count). The second-order valence-corrected chi connectivity index (χ2v) is 5.73. The molecule has 1 amide bonds. The van der Waals surface area contributed by atoms with E-state index in [1.54, 1.807) is 11.0 Å². The monoisotopic (exact) mass is 329 g/mol. The van der Waals surface area contributed by atoms with E-state index in [1.807, 2.05) is 0 Å². The Morgan fingerprint density at radius 3 is 2.68 bits per heavy atom. The van der Waals surface area contributed by atoms with Crippen molar-refractivity contribution in [3.05, 3.63) is 34.1 Å². The lowest BCUT2D eigenvalue weighted by molar-refractivity contribution is 0.0562. The maximum absolute atomic E-state index is 13.4. The van der Waals surface area contributed by atoms with E-state index < -0.39 is 5.82 Å². The van der Waals surface area contributed by atoms with Crippen LogP contribution in [0.15, 0.2) is 22.7 Å². The van der Waals surface area contributed by atoms with Gasteiger partial charge in [-0.2, -0.15) is 0 Å².